The Morgan fingerprint density at radius 3 is 2.55 bits per heavy atom. The van der Waals surface area contributed by atoms with Crippen molar-refractivity contribution >= 4 is 27.0 Å². The highest BCUT2D eigenvalue weighted by Crippen LogP contribution is 2.37. The minimum Gasteiger partial charge on any atom is -0.386 e. The molecule has 0 saturated carbocycles. The van der Waals surface area contributed by atoms with Crippen molar-refractivity contribution in [3.05, 3.63) is 53.1 Å². The van der Waals surface area contributed by atoms with Gasteiger partial charge in [0.15, 0.2) is 5.78 Å². The van der Waals surface area contributed by atoms with E-state index in [1.54, 1.807) is 27.7 Å². The number of Topliss-reactive ketones (excluding diaryl/α,β-unsaturated/α-hetero) is 1. The third-order valence-electron chi connectivity index (χ3n) is 5.25. The Hall–Kier alpha value is -2.68. The summed E-state index contributed by atoms with van der Waals surface area (Å²) in [5.41, 5.74) is 6.07. The molecule has 2 aromatic rings. The van der Waals surface area contributed by atoms with Crippen LogP contribution in [0.5, 0.6) is 0 Å². The lowest BCUT2D eigenvalue weighted by molar-refractivity contribution is 0.0986. The van der Waals surface area contributed by atoms with Crippen molar-refractivity contribution in [1.82, 2.24) is 15.0 Å². The van der Waals surface area contributed by atoms with Gasteiger partial charge in [-0.2, -0.15) is 0 Å². The average Bonchev–Trinajstić information content (AvgIpc) is 2.62. The van der Waals surface area contributed by atoms with E-state index in [0.29, 0.717) is 11.4 Å². The zero-order chi connectivity index (χ0) is 21.6. The van der Waals surface area contributed by atoms with E-state index in [9.17, 15) is 13.4 Å². The molecule has 1 aliphatic rings. The number of hydrogen-bond donors (Lipinski definition) is 1. The van der Waals surface area contributed by atoms with Crippen LogP contribution in [0.25, 0.3) is 0 Å². The number of amidine groups is 1. The van der Waals surface area contributed by atoms with Crippen LogP contribution in [0.4, 0.5) is 4.39 Å². The van der Waals surface area contributed by atoms with Gasteiger partial charge < -0.3 is 5.73 Å². The topological polar surface area (TPSA) is 111 Å². The Balaban J connectivity index is 1.98. The standard InChI is InChI=1S/C20H24FN5O2S/c1-12-9-24-15(10-23-12)16(27)8-13-6-7-14(21)17(25-13)20(4)11-29(5,28)19(2,3)18(22)26-20/h6-7,9-10H,5,8,11H2,1-4H3,(H2,22,26)/t20-,29?/m0/s1. The Kier molecular flexibility index (Phi) is 5.06. The monoisotopic (exact) mass is 417 g/mol. The maximum atomic E-state index is 14.7. The number of aryl methyl sites for hydroxylation is 1. The molecule has 9 heteroatoms. The van der Waals surface area contributed by atoms with E-state index in [2.05, 4.69) is 25.8 Å². The molecule has 3 heterocycles. The summed E-state index contributed by atoms with van der Waals surface area (Å²) in [5.74, 6) is 3.09. The second kappa shape index (κ2) is 6.98. The van der Waals surface area contributed by atoms with E-state index in [4.69, 9.17) is 5.73 Å². The summed E-state index contributed by atoms with van der Waals surface area (Å²) in [6.07, 6.45) is 2.82. The molecule has 3 rings (SSSR count). The number of hydrogen-bond acceptors (Lipinski definition) is 7. The van der Waals surface area contributed by atoms with E-state index < -0.39 is 25.6 Å². The highest BCUT2D eigenvalue weighted by Gasteiger charge is 2.46. The normalized spacial score (nSPS) is 26.0. The summed E-state index contributed by atoms with van der Waals surface area (Å²) >= 11 is 0. The minimum absolute atomic E-state index is 0.00153. The first-order valence-electron chi connectivity index (χ1n) is 9.04. The van der Waals surface area contributed by atoms with Crippen molar-refractivity contribution in [2.75, 3.05) is 5.75 Å². The molecule has 29 heavy (non-hydrogen) atoms. The highest BCUT2D eigenvalue weighted by atomic mass is 32.2. The van der Waals surface area contributed by atoms with Crippen LogP contribution in [0.15, 0.2) is 29.5 Å². The number of halogens is 1. The van der Waals surface area contributed by atoms with Crippen LogP contribution in [-0.4, -0.2) is 47.1 Å². The van der Waals surface area contributed by atoms with Gasteiger partial charge in [0.2, 0.25) is 0 Å². The molecule has 7 nitrogen and oxygen atoms in total. The van der Waals surface area contributed by atoms with Gasteiger partial charge in [-0.1, -0.05) is 0 Å². The van der Waals surface area contributed by atoms with Crippen molar-refractivity contribution in [2.45, 2.75) is 44.4 Å². The van der Waals surface area contributed by atoms with Crippen LogP contribution in [-0.2, 0) is 21.5 Å². The maximum Gasteiger partial charge on any atom is 0.188 e. The Labute approximate surface area is 169 Å². The lowest BCUT2D eigenvalue weighted by Crippen LogP contribution is -2.55. The van der Waals surface area contributed by atoms with Crippen LogP contribution < -0.4 is 5.73 Å². The number of nitrogens with zero attached hydrogens (tertiary/aromatic N) is 4. The molecular formula is C20H24FN5O2S. The summed E-state index contributed by atoms with van der Waals surface area (Å²) in [4.78, 5) is 29.4. The van der Waals surface area contributed by atoms with E-state index in [1.165, 1.54) is 24.5 Å². The first kappa shape index (κ1) is 21.0. The number of aliphatic imine (C=N–C) groups is 1. The van der Waals surface area contributed by atoms with Crippen LogP contribution in [0.1, 0.15) is 48.3 Å². The van der Waals surface area contributed by atoms with Crippen LogP contribution >= 0.6 is 0 Å². The van der Waals surface area contributed by atoms with E-state index in [1.807, 2.05) is 0 Å². The molecule has 0 saturated heterocycles. The summed E-state index contributed by atoms with van der Waals surface area (Å²) in [6.45, 7) is 6.82. The van der Waals surface area contributed by atoms with Crippen molar-refractivity contribution in [1.29, 1.82) is 0 Å². The van der Waals surface area contributed by atoms with Crippen molar-refractivity contribution < 1.29 is 13.4 Å². The largest absolute Gasteiger partial charge is 0.386 e. The fourth-order valence-electron chi connectivity index (χ4n) is 3.13. The van der Waals surface area contributed by atoms with Gasteiger partial charge in [0, 0.05) is 17.6 Å². The fourth-order valence-corrected chi connectivity index (χ4v) is 5.03. The molecule has 154 valence electrons. The third kappa shape index (κ3) is 3.78. The molecule has 0 radical (unpaired) electrons. The second-order valence-electron chi connectivity index (χ2n) is 8.01. The highest BCUT2D eigenvalue weighted by molar-refractivity contribution is 8.02. The predicted octanol–water partition coefficient (Wildman–Crippen LogP) is 1.83. The molecular weight excluding hydrogens is 393 g/mol. The Morgan fingerprint density at radius 1 is 1.28 bits per heavy atom. The van der Waals surface area contributed by atoms with E-state index in [0.717, 1.165) is 0 Å². The summed E-state index contributed by atoms with van der Waals surface area (Å²) in [6, 6.07) is 2.66. The zero-order valence-electron chi connectivity index (χ0n) is 16.9. The predicted molar refractivity (Wildman–Crippen MR) is 112 cm³/mol. The molecule has 0 amide bonds. The Bertz CT molecular complexity index is 1110. The first-order valence-corrected chi connectivity index (χ1v) is 10.9. The first-order chi connectivity index (χ1) is 13.4. The van der Waals surface area contributed by atoms with Crippen molar-refractivity contribution in [2.24, 2.45) is 10.7 Å². The molecule has 0 aromatic carbocycles. The number of aromatic nitrogens is 3. The van der Waals surface area contributed by atoms with Crippen LogP contribution in [0.2, 0.25) is 0 Å². The molecule has 0 spiro atoms. The van der Waals surface area contributed by atoms with E-state index in [-0.39, 0.29) is 35.2 Å². The lowest BCUT2D eigenvalue weighted by Gasteiger charge is -2.40. The fraction of sp³-hybridized carbons (Fsp3) is 0.400. The van der Waals surface area contributed by atoms with Gasteiger partial charge in [-0.15, -0.1) is 0 Å². The smallest absolute Gasteiger partial charge is 0.188 e. The minimum atomic E-state index is -2.71. The van der Waals surface area contributed by atoms with Crippen LogP contribution in [0.3, 0.4) is 0 Å². The van der Waals surface area contributed by atoms with Gasteiger partial charge in [-0.25, -0.2) is 9.37 Å². The second-order valence-corrected chi connectivity index (χ2v) is 10.9. The quantitative estimate of drug-likeness (QED) is 0.600. The van der Waals surface area contributed by atoms with Gasteiger partial charge in [0.05, 0.1) is 23.1 Å². The van der Waals surface area contributed by atoms with Crippen molar-refractivity contribution in [3.63, 3.8) is 0 Å². The molecule has 1 unspecified atom stereocenters. The maximum absolute atomic E-state index is 14.7. The Morgan fingerprint density at radius 2 is 1.97 bits per heavy atom. The van der Waals surface area contributed by atoms with Gasteiger partial charge in [-0.05, 0) is 55.2 Å². The third-order valence-corrected chi connectivity index (χ3v) is 8.35. The number of pyridine rings is 1. The van der Waals surface area contributed by atoms with Gasteiger partial charge in [0.25, 0.3) is 0 Å². The SMILES string of the molecule is C=S1(=O)C[C@@](C)(c2nc(CC(=O)c3cnc(C)cn3)ccc2F)N=C(N)C1(C)C. The van der Waals surface area contributed by atoms with Crippen LogP contribution in [0, 0.1) is 12.7 Å². The molecule has 0 bridgehead atoms. The average molecular weight is 418 g/mol. The molecule has 2 aromatic heterocycles. The number of ketones is 1. The number of nitrogens with two attached hydrogens (primary N) is 1. The van der Waals surface area contributed by atoms with E-state index >= 15 is 0 Å². The summed E-state index contributed by atoms with van der Waals surface area (Å²) in [5, 5.41) is 0. The number of rotatable bonds is 4. The number of carbonyl (C=O) groups excluding carboxylic acids is 1. The molecule has 2 N–H and O–H groups in total. The van der Waals surface area contributed by atoms with Gasteiger partial charge in [0.1, 0.15) is 28.6 Å². The van der Waals surface area contributed by atoms with Gasteiger partial charge >= 0.3 is 0 Å². The zero-order valence-corrected chi connectivity index (χ0v) is 17.7. The number of carbonyl (C=O) groups is 1. The van der Waals surface area contributed by atoms with Crippen molar-refractivity contribution in [3.8, 4) is 0 Å². The molecule has 0 fully saturated rings. The lowest BCUT2D eigenvalue weighted by atomic mass is 9.97. The summed E-state index contributed by atoms with van der Waals surface area (Å²) in [7, 11) is -2.71. The molecule has 1 aliphatic heterocycles. The van der Waals surface area contributed by atoms with Gasteiger partial charge in [-0.3, -0.25) is 24.0 Å². The molecule has 0 aliphatic carbocycles. The summed E-state index contributed by atoms with van der Waals surface area (Å²) < 4.78 is 26.9. The molecule has 2 atom stereocenters.